The highest BCUT2D eigenvalue weighted by Gasteiger charge is 2.35. The highest BCUT2D eigenvalue weighted by Crippen LogP contribution is 2.39. The fraction of sp³-hybridized carbons (Fsp3) is 0.242. The number of anilines is 3. The van der Waals surface area contributed by atoms with Crippen LogP contribution in [0.3, 0.4) is 0 Å². The molecule has 1 aromatic heterocycles. The quantitative estimate of drug-likeness (QED) is 0.279. The largest absolute Gasteiger partial charge is 0.497 e. The molecular formula is C33H32FN5O4. The van der Waals surface area contributed by atoms with Crippen molar-refractivity contribution in [1.29, 1.82) is 0 Å². The van der Waals surface area contributed by atoms with Gasteiger partial charge in [-0.25, -0.2) is 9.18 Å². The van der Waals surface area contributed by atoms with Gasteiger partial charge >= 0.3 is 6.03 Å². The van der Waals surface area contributed by atoms with E-state index >= 15 is 0 Å². The highest BCUT2D eigenvalue weighted by molar-refractivity contribution is 6.04. The predicted molar refractivity (Wildman–Crippen MR) is 163 cm³/mol. The number of hydrogen-bond acceptors (Lipinski definition) is 5. The molecule has 220 valence electrons. The van der Waals surface area contributed by atoms with Crippen molar-refractivity contribution in [1.82, 2.24) is 9.88 Å². The molecule has 0 saturated carbocycles. The molecule has 0 aliphatic carbocycles. The van der Waals surface area contributed by atoms with Gasteiger partial charge in [0.25, 0.3) is 11.5 Å². The number of benzene rings is 3. The fourth-order valence-electron chi connectivity index (χ4n) is 6.02. The number of piperidine rings is 1. The Morgan fingerprint density at radius 3 is 2.56 bits per heavy atom. The highest BCUT2D eigenvalue weighted by atomic mass is 19.1. The maximum absolute atomic E-state index is 13.3. The summed E-state index contributed by atoms with van der Waals surface area (Å²) in [5.41, 5.74) is 4.01. The van der Waals surface area contributed by atoms with Crippen molar-refractivity contribution >= 4 is 29.0 Å². The van der Waals surface area contributed by atoms with Crippen LogP contribution in [0.1, 0.15) is 34.0 Å². The van der Waals surface area contributed by atoms with E-state index in [1.54, 1.807) is 61.7 Å². The lowest BCUT2D eigenvalue weighted by Crippen LogP contribution is -2.47. The van der Waals surface area contributed by atoms with Crippen molar-refractivity contribution in [2.45, 2.75) is 25.4 Å². The van der Waals surface area contributed by atoms with Gasteiger partial charge < -0.3 is 30.2 Å². The summed E-state index contributed by atoms with van der Waals surface area (Å²) < 4.78 is 20.4. The summed E-state index contributed by atoms with van der Waals surface area (Å²) in [6.07, 6.45) is 0.989. The van der Waals surface area contributed by atoms with Crippen molar-refractivity contribution in [3.05, 3.63) is 118 Å². The molecule has 3 N–H and O–H groups in total. The summed E-state index contributed by atoms with van der Waals surface area (Å²) in [6.45, 7) is 2.25. The summed E-state index contributed by atoms with van der Waals surface area (Å²) in [7, 11) is 1.56. The van der Waals surface area contributed by atoms with E-state index in [1.807, 2.05) is 22.8 Å². The lowest BCUT2D eigenvalue weighted by molar-refractivity contribution is 0.0951. The molecule has 1 saturated heterocycles. The number of pyridine rings is 1. The summed E-state index contributed by atoms with van der Waals surface area (Å²) in [4.78, 5) is 41.0. The molecule has 4 aromatic rings. The van der Waals surface area contributed by atoms with E-state index in [1.165, 1.54) is 12.1 Å². The molecule has 3 aromatic carbocycles. The lowest BCUT2D eigenvalue weighted by Gasteiger charge is -2.44. The average molecular weight is 582 g/mol. The van der Waals surface area contributed by atoms with Gasteiger partial charge in [0, 0.05) is 61.2 Å². The van der Waals surface area contributed by atoms with Gasteiger partial charge in [-0.15, -0.1) is 0 Å². The molecule has 6 rings (SSSR count). The Morgan fingerprint density at radius 1 is 0.930 bits per heavy atom. The molecule has 10 heteroatoms. The molecule has 9 nitrogen and oxygen atoms in total. The lowest BCUT2D eigenvalue weighted by atomic mass is 9.83. The van der Waals surface area contributed by atoms with Gasteiger partial charge in [-0.1, -0.05) is 24.3 Å². The second-order valence-corrected chi connectivity index (χ2v) is 11.0. The number of carbonyl (C=O) groups excluding carboxylic acids is 2. The van der Waals surface area contributed by atoms with Crippen molar-refractivity contribution in [2.24, 2.45) is 5.92 Å². The first-order valence-corrected chi connectivity index (χ1v) is 14.2. The summed E-state index contributed by atoms with van der Waals surface area (Å²) in [5.74, 6) is 0.376. The fourth-order valence-corrected chi connectivity index (χ4v) is 6.02. The van der Waals surface area contributed by atoms with Gasteiger partial charge in [0.05, 0.1) is 18.5 Å². The van der Waals surface area contributed by atoms with E-state index in [9.17, 15) is 18.8 Å². The number of nitrogens with zero attached hydrogens (tertiary/aromatic N) is 2. The first-order chi connectivity index (χ1) is 20.9. The minimum absolute atomic E-state index is 0.0215. The van der Waals surface area contributed by atoms with Crippen LogP contribution >= 0.6 is 0 Å². The zero-order valence-electron chi connectivity index (χ0n) is 23.7. The molecule has 0 unspecified atom stereocenters. The zero-order chi connectivity index (χ0) is 29.9. The van der Waals surface area contributed by atoms with Crippen molar-refractivity contribution < 1.29 is 18.7 Å². The van der Waals surface area contributed by atoms with Gasteiger partial charge in [-0.2, -0.15) is 0 Å². The van der Waals surface area contributed by atoms with E-state index in [2.05, 4.69) is 20.9 Å². The molecule has 2 aliphatic heterocycles. The maximum Gasteiger partial charge on any atom is 0.323 e. The van der Waals surface area contributed by atoms with Crippen LogP contribution in [0, 0.1) is 11.7 Å². The summed E-state index contributed by atoms with van der Waals surface area (Å²) in [6, 6.07) is 23.2. The van der Waals surface area contributed by atoms with E-state index < -0.39 is 6.03 Å². The second kappa shape index (κ2) is 12.0. The Kier molecular flexibility index (Phi) is 7.83. The first-order valence-electron chi connectivity index (χ1n) is 14.2. The Morgan fingerprint density at radius 2 is 1.74 bits per heavy atom. The number of fused-ring (bicyclic) bond motifs is 4. The van der Waals surface area contributed by atoms with Crippen LogP contribution in [0.4, 0.5) is 26.2 Å². The molecule has 2 bridgehead atoms. The summed E-state index contributed by atoms with van der Waals surface area (Å²) >= 11 is 0. The number of urea groups is 1. The van der Waals surface area contributed by atoms with Gasteiger partial charge in [-0.3, -0.25) is 9.59 Å². The van der Waals surface area contributed by atoms with Crippen LogP contribution in [0.15, 0.2) is 89.7 Å². The van der Waals surface area contributed by atoms with Gasteiger partial charge in [0.2, 0.25) is 0 Å². The van der Waals surface area contributed by atoms with Crippen LogP contribution in [0.5, 0.6) is 5.75 Å². The van der Waals surface area contributed by atoms with Gasteiger partial charge in [-0.05, 0) is 66.4 Å². The first kappa shape index (κ1) is 28.0. The monoisotopic (exact) mass is 581 g/mol. The smallest absolute Gasteiger partial charge is 0.323 e. The third kappa shape index (κ3) is 6.23. The third-order valence-electron chi connectivity index (χ3n) is 8.02. The Balaban J connectivity index is 1.26. The van der Waals surface area contributed by atoms with Crippen LogP contribution in [-0.2, 0) is 13.1 Å². The van der Waals surface area contributed by atoms with Crippen molar-refractivity contribution in [3.63, 3.8) is 0 Å². The van der Waals surface area contributed by atoms with Crippen LogP contribution in [-0.4, -0.2) is 36.7 Å². The Hall–Kier alpha value is -5.12. The number of aromatic nitrogens is 1. The molecule has 3 amide bonds. The van der Waals surface area contributed by atoms with Crippen LogP contribution in [0.25, 0.3) is 0 Å². The second-order valence-electron chi connectivity index (χ2n) is 11.0. The van der Waals surface area contributed by atoms with Gasteiger partial charge in [0.1, 0.15) is 11.6 Å². The maximum atomic E-state index is 13.3. The van der Waals surface area contributed by atoms with Crippen LogP contribution < -0.4 is 31.1 Å². The van der Waals surface area contributed by atoms with E-state index in [4.69, 9.17) is 4.74 Å². The normalized spacial score (nSPS) is 17.0. The predicted octanol–water partition coefficient (Wildman–Crippen LogP) is 5.19. The molecule has 0 radical (unpaired) electrons. The number of rotatable bonds is 7. The Labute approximate surface area is 248 Å². The van der Waals surface area contributed by atoms with E-state index in [0.29, 0.717) is 42.3 Å². The Bertz CT molecular complexity index is 1720. The molecule has 2 atom stereocenters. The molecule has 0 spiro atoms. The molecule has 2 aliphatic rings. The van der Waals surface area contributed by atoms with Gasteiger partial charge in [0.15, 0.2) is 0 Å². The number of ether oxygens (including phenoxy) is 1. The number of hydrogen-bond donors (Lipinski definition) is 3. The third-order valence-corrected chi connectivity index (χ3v) is 8.02. The van der Waals surface area contributed by atoms with Crippen molar-refractivity contribution in [3.8, 4) is 5.75 Å². The summed E-state index contributed by atoms with van der Waals surface area (Å²) in [5, 5.41) is 8.66. The number of halogens is 1. The standard InChI is InChI=1S/C33H32FN5O4/c1-43-27-5-2-4-26(16-27)36-33(42)37-28-15-23(32(41)35-17-21-8-11-25(34)12-9-21)10-13-30(28)38-18-22-14-24(20-38)29-6-3-7-31(40)39(29)19-22/h2-13,15-16,22,24H,14,17-20H2,1H3,(H,35,41)(H2,36,37,42)/t22-,24+/m1/s1. The molecule has 43 heavy (non-hydrogen) atoms. The molecule has 3 heterocycles. The van der Waals surface area contributed by atoms with Crippen LogP contribution in [0.2, 0.25) is 0 Å². The molecule has 1 fully saturated rings. The number of methoxy groups -OCH3 is 1. The molecular weight excluding hydrogens is 549 g/mol. The number of nitrogens with one attached hydrogen (secondary N) is 3. The minimum Gasteiger partial charge on any atom is -0.497 e. The number of amides is 3. The van der Waals surface area contributed by atoms with E-state index in [-0.39, 0.29) is 35.7 Å². The SMILES string of the molecule is COc1cccc(NC(=O)Nc2cc(C(=O)NCc3ccc(F)cc3)ccc2N2C[C@H]3C[C@@H](C2)c2cccc(=O)n2C3)c1. The number of carbonyl (C=O) groups is 2. The zero-order valence-corrected chi connectivity index (χ0v) is 23.7. The van der Waals surface area contributed by atoms with Crippen molar-refractivity contribution in [2.75, 3.05) is 35.7 Å². The average Bonchev–Trinajstić information content (AvgIpc) is 3.01. The minimum atomic E-state index is -0.465. The topological polar surface area (TPSA) is 105 Å². The van der Waals surface area contributed by atoms with E-state index in [0.717, 1.165) is 23.4 Å².